The Hall–Kier alpha value is -2.90. The van der Waals surface area contributed by atoms with Crippen molar-refractivity contribution in [3.05, 3.63) is 42.2 Å². The van der Waals surface area contributed by atoms with Gasteiger partial charge in [-0.15, -0.1) is 13.2 Å². The molecule has 13 heteroatoms. The highest BCUT2D eigenvalue weighted by atomic mass is 32.2. The number of hydrogen-bond donors (Lipinski definition) is 4. The van der Waals surface area contributed by atoms with Crippen LogP contribution in [0.2, 0.25) is 0 Å². The zero-order valence-electron chi connectivity index (χ0n) is 14.5. The SMILES string of the molecule is Nc1cc(S(=O)(=O)c2ccc(OC(F)(F)F)cc2)cnc1C(=O)NC[C@@H](O)CO. The molecule has 2 aromatic rings. The number of amides is 1. The third-order valence-electron chi connectivity index (χ3n) is 3.49. The Bertz CT molecular complexity index is 980. The van der Waals surface area contributed by atoms with Crippen LogP contribution in [0.15, 0.2) is 46.3 Å². The van der Waals surface area contributed by atoms with Gasteiger partial charge in [0.15, 0.2) is 5.69 Å². The van der Waals surface area contributed by atoms with Crippen LogP contribution in [0.1, 0.15) is 10.5 Å². The highest BCUT2D eigenvalue weighted by Gasteiger charge is 2.31. The van der Waals surface area contributed by atoms with E-state index in [0.717, 1.165) is 36.5 Å². The van der Waals surface area contributed by atoms with Crippen molar-refractivity contribution in [2.75, 3.05) is 18.9 Å². The van der Waals surface area contributed by atoms with Gasteiger partial charge in [0.2, 0.25) is 9.84 Å². The Balaban J connectivity index is 2.23. The molecule has 0 aliphatic carbocycles. The summed E-state index contributed by atoms with van der Waals surface area (Å²) in [6, 6.07) is 4.49. The summed E-state index contributed by atoms with van der Waals surface area (Å²) in [6.45, 7) is -0.851. The average molecular weight is 435 g/mol. The lowest BCUT2D eigenvalue weighted by molar-refractivity contribution is -0.274. The maximum Gasteiger partial charge on any atom is 0.573 e. The van der Waals surface area contributed by atoms with Crippen LogP contribution >= 0.6 is 0 Å². The van der Waals surface area contributed by atoms with Gasteiger partial charge in [0.25, 0.3) is 5.91 Å². The molecule has 1 amide bonds. The van der Waals surface area contributed by atoms with E-state index in [1.165, 1.54) is 0 Å². The number of carbonyl (C=O) groups excluding carboxylic acids is 1. The number of halogens is 3. The number of aliphatic hydroxyl groups excluding tert-OH is 2. The molecule has 0 radical (unpaired) electrons. The molecule has 0 fully saturated rings. The molecule has 29 heavy (non-hydrogen) atoms. The lowest BCUT2D eigenvalue weighted by atomic mass is 10.2. The van der Waals surface area contributed by atoms with Crippen LogP contribution in [0.4, 0.5) is 18.9 Å². The third kappa shape index (κ3) is 5.79. The summed E-state index contributed by atoms with van der Waals surface area (Å²) in [5.74, 6) is -1.39. The van der Waals surface area contributed by atoms with E-state index in [4.69, 9.17) is 10.8 Å². The van der Waals surface area contributed by atoms with Crippen LogP contribution in [0.3, 0.4) is 0 Å². The Labute approximate surface area is 162 Å². The molecule has 1 heterocycles. The first-order valence-electron chi connectivity index (χ1n) is 7.87. The minimum absolute atomic E-state index is 0.275. The topological polar surface area (TPSA) is 152 Å². The number of sulfone groups is 1. The fourth-order valence-electron chi connectivity index (χ4n) is 2.11. The number of anilines is 1. The van der Waals surface area contributed by atoms with Crippen LogP contribution in [-0.4, -0.2) is 55.1 Å². The second-order valence-corrected chi connectivity index (χ2v) is 7.63. The van der Waals surface area contributed by atoms with Gasteiger partial charge < -0.3 is 26.0 Å². The van der Waals surface area contributed by atoms with Crippen molar-refractivity contribution in [2.45, 2.75) is 22.3 Å². The predicted octanol–water partition coefficient (Wildman–Crippen LogP) is 0.478. The monoisotopic (exact) mass is 435 g/mol. The molecule has 0 saturated heterocycles. The Morgan fingerprint density at radius 1 is 1.24 bits per heavy atom. The van der Waals surface area contributed by atoms with E-state index in [9.17, 15) is 31.5 Å². The van der Waals surface area contributed by atoms with Crippen LogP contribution < -0.4 is 15.8 Å². The lowest BCUT2D eigenvalue weighted by Crippen LogP contribution is -2.34. The molecule has 0 spiro atoms. The second kappa shape index (κ2) is 8.63. The standard InChI is InChI=1S/C16H16F3N3O6S/c17-16(18,19)28-10-1-3-11(4-2-10)29(26,27)12-5-13(20)14(21-7-12)15(25)22-6-9(24)8-23/h1-5,7,9,23-24H,6,8,20H2,(H,22,25)/t9-/m1/s1. The summed E-state index contributed by atoms with van der Waals surface area (Å²) in [4.78, 5) is 15.0. The number of aliphatic hydroxyl groups is 2. The summed E-state index contributed by atoms with van der Waals surface area (Å²) < 4.78 is 65.4. The number of benzene rings is 1. The number of alkyl halides is 3. The molecule has 158 valence electrons. The van der Waals surface area contributed by atoms with Gasteiger partial charge in [-0.25, -0.2) is 13.4 Å². The molecular formula is C16H16F3N3O6S. The molecule has 1 atom stereocenters. The van der Waals surface area contributed by atoms with Crippen molar-refractivity contribution in [2.24, 2.45) is 0 Å². The van der Waals surface area contributed by atoms with Gasteiger partial charge in [0.1, 0.15) is 5.75 Å². The number of nitrogens with one attached hydrogen (secondary N) is 1. The van der Waals surface area contributed by atoms with Gasteiger partial charge in [0.05, 0.1) is 28.2 Å². The first kappa shape index (κ1) is 22.4. The van der Waals surface area contributed by atoms with Crippen molar-refractivity contribution >= 4 is 21.4 Å². The summed E-state index contributed by atoms with van der Waals surface area (Å²) in [5.41, 5.74) is 5.10. The van der Waals surface area contributed by atoms with E-state index in [2.05, 4.69) is 15.0 Å². The average Bonchev–Trinajstić information content (AvgIpc) is 2.64. The van der Waals surface area contributed by atoms with Gasteiger partial charge in [-0.05, 0) is 30.3 Å². The van der Waals surface area contributed by atoms with Crippen molar-refractivity contribution in [3.8, 4) is 5.75 Å². The summed E-state index contributed by atoms with van der Waals surface area (Å²) >= 11 is 0. The van der Waals surface area contributed by atoms with E-state index in [1.807, 2.05) is 0 Å². The minimum atomic E-state index is -4.91. The number of pyridine rings is 1. The van der Waals surface area contributed by atoms with Crippen LogP contribution in [-0.2, 0) is 9.84 Å². The Morgan fingerprint density at radius 2 is 1.86 bits per heavy atom. The number of nitrogens with zero attached hydrogens (tertiary/aromatic N) is 1. The third-order valence-corrected chi connectivity index (χ3v) is 5.23. The van der Waals surface area contributed by atoms with Crippen molar-refractivity contribution in [3.63, 3.8) is 0 Å². The number of hydrogen-bond acceptors (Lipinski definition) is 8. The van der Waals surface area contributed by atoms with E-state index in [0.29, 0.717) is 0 Å². The van der Waals surface area contributed by atoms with Crippen LogP contribution in [0.25, 0.3) is 0 Å². The highest BCUT2D eigenvalue weighted by molar-refractivity contribution is 7.91. The zero-order valence-corrected chi connectivity index (χ0v) is 15.4. The van der Waals surface area contributed by atoms with Crippen molar-refractivity contribution in [1.29, 1.82) is 0 Å². The van der Waals surface area contributed by atoms with Gasteiger partial charge in [0, 0.05) is 12.7 Å². The smallest absolute Gasteiger partial charge is 0.406 e. The zero-order chi connectivity index (χ0) is 21.8. The quantitative estimate of drug-likeness (QED) is 0.490. The van der Waals surface area contributed by atoms with E-state index >= 15 is 0 Å². The van der Waals surface area contributed by atoms with E-state index in [-0.39, 0.29) is 27.7 Å². The van der Waals surface area contributed by atoms with Gasteiger partial charge >= 0.3 is 6.36 Å². The van der Waals surface area contributed by atoms with Crippen molar-refractivity contribution < 1.29 is 41.3 Å². The largest absolute Gasteiger partial charge is 0.573 e. The first-order valence-corrected chi connectivity index (χ1v) is 9.36. The minimum Gasteiger partial charge on any atom is -0.406 e. The van der Waals surface area contributed by atoms with E-state index in [1.54, 1.807) is 0 Å². The number of rotatable bonds is 7. The summed E-state index contributed by atoms with van der Waals surface area (Å²) in [7, 11) is -4.18. The fourth-order valence-corrected chi connectivity index (χ4v) is 3.35. The number of nitrogen functional groups attached to an aromatic ring is 1. The van der Waals surface area contributed by atoms with Crippen LogP contribution in [0, 0.1) is 0 Å². The van der Waals surface area contributed by atoms with Gasteiger partial charge in [-0.1, -0.05) is 0 Å². The summed E-state index contributed by atoms with van der Waals surface area (Å²) in [6.07, 6.45) is -5.24. The number of ether oxygens (including phenoxy) is 1. The molecule has 1 aromatic heterocycles. The molecule has 5 N–H and O–H groups in total. The Morgan fingerprint density at radius 3 is 2.38 bits per heavy atom. The maximum absolute atomic E-state index is 12.6. The predicted molar refractivity (Wildman–Crippen MR) is 92.7 cm³/mol. The van der Waals surface area contributed by atoms with Crippen LogP contribution in [0.5, 0.6) is 5.75 Å². The number of carbonyl (C=O) groups is 1. The molecule has 0 bridgehead atoms. The highest BCUT2D eigenvalue weighted by Crippen LogP contribution is 2.27. The molecule has 0 aliphatic rings. The molecule has 0 unspecified atom stereocenters. The fraction of sp³-hybridized carbons (Fsp3) is 0.250. The molecule has 2 rings (SSSR count). The lowest BCUT2D eigenvalue weighted by Gasteiger charge is -2.12. The van der Waals surface area contributed by atoms with Gasteiger partial charge in [-0.2, -0.15) is 0 Å². The first-order chi connectivity index (χ1) is 13.4. The summed E-state index contributed by atoms with van der Waals surface area (Å²) in [5, 5.41) is 20.2. The molecule has 9 nitrogen and oxygen atoms in total. The Kier molecular flexibility index (Phi) is 6.66. The molecule has 0 saturated carbocycles. The normalized spacial score (nSPS) is 13.0. The maximum atomic E-state index is 12.6. The number of nitrogens with two attached hydrogens (primary N) is 1. The molecule has 0 aliphatic heterocycles. The van der Waals surface area contributed by atoms with Gasteiger partial charge in [-0.3, -0.25) is 4.79 Å². The van der Waals surface area contributed by atoms with E-state index < -0.39 is 40.6 Å². The number of aromatic nitrogens is 1. The van der Waals surface area contributed by atoms with Crippen molar-refractivity contribution in [1.82, 2.24) is 10.3 Å². The molecule has 1 aromatic carbocycles. The molecular weight excluding hydrogens is 419 g/mol. The second-order valence-electron chi connectivity index (χ2n) is 5.68.